The number of amides is 1. The van der Waals surface area contributed by atoms with Crippen LogP contribution in [-0.4, -0.2) is 31.6 Å². The van der Waals surface area contributed by atoms with Crippen LogP contribution < -0.4 is 14.8 Å². The highest BCUT2D eigenvalue weighted by Gasteiger charge is 2.22. The van der Waals surface area contributed by atoms with Crippen LogP contribution in [0.5, 0.6) is 5.75 Å². The summed E-state index contributed by atoms with van der Waals surface area (Å²) in [6.45, 7) is 5.22. The van der Waals surface area contributed by atoms with Gasteiger partial charge in [-0.25, -0.2) is 8.42 Å². The highest BCUT2D eigenvalue weighted by Crippen LogP contribution is 2.30. The molecule has 2 aromatic rings. The fourth-order valence-corrected chi connectivity index (χ4v) is 4.02. The molecule has 0 aliphatic rings. The second-order valence-corrected chi connectivity index (χ2v) is 7.91. The lowest BCUT2D eigenvalue weighted by atomic mass is 10.2. The van der Waals surface area contributed by atoms with Gasteiger partial charge in [0.1, 0.15) is 15.7 Å². The van der Waals surface area contributed by atoms with Gasteiger partial charge in [0.05, 0.1) is 7.11 Å². The first-order valence-electron chi connectivity index (χ1n) is 7.04. The molecule has 0 radical (unpaired) electrons. The predicted octanol–water partition coefficient (Wildman–Crippen LogP) is 2.43. The Morgan fingerprint density at radius 3 is 2.54 bits per heavy atom. The van der Waals surface area contributed by atoms with Gasteiger partial charge in [0.25, 0.3) is 10.0 Å². The summed E-state index contributed by atoms with van der Waals surface area (Å²) >= 11 is 1.17. The van der Waals surface area contributed by atoms with Crippen molar-refractivity contribution < 1.29 is 17.9 Å². The van der Waals surface area contributed by atoms with E-state index in [1.807, 2.05) is 13.8 Å². The van der Waals surface area contributed by atoms with E-state index in [4.69, 9.17) is 4.74 Å². The van der Waals surface area contributed by atoms with Crippen LogP contribution in [0.3, 0.4) is 0 Å². The van der Waals surface area contributed by atoms with Gasteiger partial charge >= 0.3 is 0 Å². The zero-order valence-corrected chi connectivity index (χ0v) is 15.3. The molecule has 0 saturated carbocycles. The van der Waals surface area contributed by atoms with E-state index in [0.29, 0.717) is 5.69 Å². The number of benzene rings is 1. The number of aromatic nitrogens is 2. The Balaban J connectivity index is 2.37. The number of hydrogen-bond acceptors (Lipinski definition) is 7. The van der Waals surface area contributed by atoms with Crippen molar-refractivity contribution in [1.82, 2.24) is 10.2 Å². The van der Waals surface area contributed by atoms with E-state index < -0.39 is 10.0 Å². The number of carbonyl (C=O) groups is 1. The number of ether oxygens (including phenoxy) is 1. The molecule has 24 heavy (non-hydrogen) atoms. The van der Waals surface area contributed by atoms with E-state index in [1.54, 1.807) is 6.07 Å². The average molecular weight is 370 g/mol. The summed E-state index contributed by atoms with van der Waals surface area (Å²) in [6, 6.07) is 4.35. The fourth-order valence-electron chi connectivity index (χ4n) is 1.85. The first-order chi connectivity index (χ1) is 11.2. The molecule has 2 N–H and O–H groups in total. The van der Waals surface area contributed by atoms with Gasteiger partial charge in [0.15, 0.2) is 0 Å². The second-order valence-electron chi connectivity index (χ2n) is 5.25. The van der Waals surface area contributed by atoms with Gasteiger partial charge in [-0.2, -0.15) is 0 Å². The van der Waals surface area contributed by atoms with Crippen molar-refractivity contribution in [3.63, 3.8) is 0 Å². The summed E-state index contributed by atoms with van der Waals surface area (Å²) in [5, 5.41) is 11.2. The number of carbonyl (C=O) groups excluding carboxylic acids is 1. The third kappa shape index (κ3) is 4.20. The van der Waals surface area contributed by atoms with Crippen molar-refractivity contribution in [2.24, 2.45) is 0 Å². The smallest absolute Gasteiger partial charge is 0.267 e. The van der Waals surface area contributed by atoms with Crippen LogP contribution in [0, 0.1) is 0 Å². The average Bonchev–Trinajstić information content (AvgIpc) is 2.94. The first-order valence-corrected chi connectivity index (χ1v) is 9.34. The molecule has 2 rings (SSSR count). The molecule has 0 fully saturated rings. The van der Waals surface area contributed by atoms with Gasteiger partial charge in [-0.1, -0.05) is 25.2 Å². The van der Waals surface area contributed by atoms with E-state index in [1.165, 1.54) is 37.5 Å². The van der Waals surface area contributed by atoms with Crippen LogP contribution in [-0.2, 0) is 14.8 Å². The zero-order valence-electron chi connectivity index (χ0n) is 13.7. The lowest BCUT2D eigenvalue weighted by molar-refractivity contribution is -0.114. The summed E-state index contributed by atoms with van der Waals surface area (Å²) in [7, 11) is -2.58. The van der Waals surface area contributed by atoms with Crippen molar-refractivity contribution in [2.45, 2.75) is 31.6 Å². The van der Waals surface area contributed by atoms with Crippen LogP contribution in [0.15, 0.2) is 23.1 Å². The van der Waals surface area contributed by atoms with Gasteiger partial charge in [0.2, 0.25) is 11.0 Å². The molecule has 0 atom stereocenters. The SMILES string of the molecule is COc1ccc(NC(C)=O)cc1S(=O)(=O)Nc1nnc(C(C)C)s1. The summed E-state index contributed by atoms with van der Waals surface area (Å²) in [6.07, 6.45) is 0. The maximum atomic E-state index is 12.6. The molecule has 8 nitrogen and oxygen atoms in total. The minimum Gasteiger partial charge on any atom is -0.495 e. The molecule has 0 aliphatic carbocycles. The number of methoxy groups -OCH3 is 1. The van der Waals surface area contributed by atoms with Crippen molar-refractivity contribution in [1.29, 1.82) is 0 Å². The van der Waals surface area contributed by atoms with Gasteiger partial charge in [-0.15, -0.1) is 10.2 Å². The zero-order chi connectivity index (χ0) is 17.9. The van der Waals surface area contributed by atoms with Crippen LogP contribution in [0.2, 0.25) is 0 Å². The molecule has 1 aromatic carbocycles. The van der Waals surface area contributed by atoms with Crippen molar-refractivity contribution >= 4 is 38.1 Å². The molecule has 1 aromatic heterocycles. The molecule has 0 unspecified atom stereocenters. The van der Waals surface area contributed by atoms with Crippen LogP contribution in [0.4, 0.5) is 10.8 Å². The van der Waals surface area contributed by atoms with Crippen LogP contribution in [0.25, 0.3) is 0 Å². The number of nitrogens with zero attached hydrogens (tertiary/aromatic N) is 2. The topological polar surface area (TPSA) is 110 Å². The van der Waals surface area contributed by atoms with Gasteiger partial charge in [-0.3, -0.25) is 9.52 Å². The minimum absolute atomic E-state index is 0.0995. The van der Waals surface area contributed by atoms with Crippen LogP contribution in [0.1, 0.15) is 31.7 Å². The van der Waals surface area contributed by atoms with E-state index in [-0.39, 0.29) is 27.6 Å². The Morgan fingerprint density at radius 1 is 1.29 bits per heavy atom. The molecule has 130 valence electrons. The molecule has 0 bridgehead atoms. The van der Waals surface area contributed by atoms with E-state index in [9.17, 15) is 13.2 Å². The maximum Gasteiger partial charge on any atom is 0.267 e. The van der Waals surface area contributed by atoms with E-state index in [2.05, 4.69) is 20.2 Å². The Labute approximate surface area is 144 Å². The molecular weight excluding hydrogens is 352 g/mol. The molecule has 0 spiro atoms. The van der Waals surface area contributed by atoms with E-state index in [0.717, 1.165) is 5.01 Å². The number of anilines is 2. The Hall–Kier alpha value is -2.20. The van der Waals surface area contributed by atoms with Crippen molar-refractivity contribution in [2.75, 3.05) is 17.1 Å². The number of hydrogen-bond donors (Lipinski definition) is 2. The highest BCUT2D eigenvalue weighted by molar-refractivity contribution is 7.93. The Kier molecular flexibility index (Phi) is 5.40. The minimum atomic E-state index is -3.95. The third-order valence-electron chi connectivity index (χ3n) is 2.93. The molecular formula is C14H18N4O4S2. The lowest BCUT2D eigenvalue weighted by Crippen LogP contribution is -2.15. The van der Waals surface area contributed by atoms with Crippen molar-refractivity contribution in [3.8, 4) is 5.75 Å². The summed E-state index contributed by atoms with van der Waals surface area (Å²) in [5.74, 6) is 0.00533. The summed E-state index contributed by atoms with van der Waals surface area (Å²) in [4.78, 5) is 11.1. The standard InChI is InChI=1S/C14H18N4O4S2/c1-8(2)13-16-17-14(23-13)18-24(20,21)12-7-10(15-9(3)19)5-6-11(12)22-4/h5-8H,1-4H3,(H,15,19)(H,17,18). The first kappa shape index (κ1) is 18.1. The van der Waals surface area contributed by atoms with Crippen LogP contribution >= 0.6 is 11.3 Å². The molecule has 1 heterocycles. The Morgan fingerprint density at radius 2 is 2.00 bits per heavy atom. The summed E-state index contributed by atoms with van der Waals surface area (Å²) in [5.41, 5.74) is 0.351. The molecule has 0 saturated heterocycles. The maximum absolute atomic E-state index is 12.6. The van der Waals surface area contributed by atoms with Gasteiger partial charge < -0.3 is 10.1 Å². The number of nitrogens with one attached hydrogen (secondary N) is 2. The second kappa shape index (κ2) is 7.14. The van der Waals surface area contributed by atoms with Gasteiger partial charge in [-0.05, 0) is 18.2 Å². The monoisotopic (exact) mass is 370 g/mol. The number of sulfonamides is 1. The quantitative estimate of drug-likeness (QED) is 0.808. The largest absolute Gasteiger partial charge is 0.495 e. The van der Waals surface area contributed by atoms with Gasteiger partial charge in [0, 0.05) is 18.5 Å². The highest BCUT2D eigenvalue weighted by atomic mass is 32.2. The fraction of sp³-hybridized carbons (Fsp3) is 0.357. The summed E-state index contributed by atoms with van der Waals surface area (Å²) < 4.78 is 32.8. The van der Waals surface area contributed by atoms with E-state index >= 15 is 0 Å². The van der Waals surface area contributed by atoms with Crippen molar-refractivity contribution in [3.05, 3.63) is 23.2 Å². The number of rotatable bonds is 6. The molecule has 1 amide bonds. The Bertz CT molecular complexity index is 846. The lowest BCUT2D eigenvalue weighted by Gasteiger charge is -2.12. The normalized spacial score (nSPS) is 11.4. The molecule has 10 heteroatoms. The third-order valence-corrected chi connectivity index (χ3v) is 5.56. The molecule has 0 aliphatic heterocycles. The predicted molar refractivity (Wildman–Crippen MR) is 92.1 cm³/mol.